The Hall–Kier alpha value is -0.990. The predicted octanol–water partition coefficient (Wildman–Crippen LogP) is 1.61. The highest BCUT2D eigenvalue weighted by atomic mass is 16.5. The molecule has 3 heteroatoms. The van der Waals surface area contributed by atoms with Gasteiger partial charge in [0, 0.05) is 5.69 Å². The van der Waals surface area contributed by atoms with Gasteiger partial charge in [-0.25, -0.2) is 4.98 Å². The van der Waals surface area contributed by atoms with Crippen LogP contribution in [0.3, 0.4) is 0 Å². The van der Waals surface area contributed by atoms with Crippen molar-refractivity contribution in [3.05, 3.63) is 11.9 Å². The molecular weight excluding hydrogens is 140 g/mol. The molecule has 1 aliphatic rings. The van der Waals surface area contributed by atoms with Crippen LogP contribution in [0.15, 0.2) is 6.20 Å². The Kier molecular flexibility index (Phi) is 2.52. The minimum Gasteiger partial charge on any atom is -0.463 e. The molecule has 0 N–H and O–H groups in total. The first-order chi connectivity index (χ1) is 5.38. The van der Waals surface area contributed by atoms with Crippen molar-refractivity contribution in [3.8, 4) is 6.01 Å². The van der Waals surface area contributed by atoms with Gasteiger partial charge in [-0.1, -0.05) is 13.8 Å². The van der Waals surface area contributed by atoms with E-state index in [1.54, 1.807) is 0 Å². The highest BCUT2D eigenvalue weighted by molar-refractivity contribution is 5.10. The summed E-state index contributed by atoms with van der Waals surface area (Å²) in [5, 5.41) is 0. The first kappa shape index (κ1) is 8.11. The van der Waals surface area contributed by atoms with Gasteiger partial charge < -0.3 is 4.74 Å². The molecule has 2 heterocycles. The molecule has 0 aromatic carbocycles. The molecule has 0 fully saturated rings. The summed E-state index contributed by atoms with van der Waals surface area (Å²) in [5.74, 6) is 0. The van der Waals surface area contributed by atoms with Gasteiger partial charge in [-0.05, 0) is 6.92 Å². The Bertz CT molecular complexity index is 230. The number of nitrogens with zero attached hydrogens (tertiary/aromatic N) is 2. The largest absolute Gasteiger partial charge is 0.463 e. The smallest absolute Gasteiger partial charge is 0.296 e. The molecule has 0 saturated carbocycles. The molecule has 0 radical (unpaired) electrons. The molecule has 0 saturated heterocycles. The van der Waals surface area contributed by atoms with Crippen molar-refractivity contribution >= 4 is 0 Å². The highest BCUT2D eigenvalue weighted by Crippen LogP contribution is 2.16. The highest BCUT2D eigenvalue weighted by Gasteiger charge is 2.13. The van der Waals surface area contributed by atoms with E-state index in [1.165, 1.54) is 5.69 Å². The quantitative estimate of drug-likeness (QED) is 0.567. The van der Waals surface area contributed by atoms with Crippen molar-refractivity contribution in [1.82, 2.24) is 9.55 Å². The summed E-state index contributed by atoms with van der Waals surface area (Å²) < 4.78 is 7.24. The van der Waals surface area contributed by atoms with Gasteiger partial charge in [-0.3, -0.25) is 4.57 Å². The summed E-state index contributed by atoms with van der Waals surface area (Å²) in [4.78, 5) is 4.04. The van der Waals surface area contributed by atoms with Crippen LogP contribution in [-0.4, -0.2) is 16.2 Å². The average Bonchev–Trinajstić information content (AvgIpc) is 2.60. The second-order valence-electron chi connectivity index (χ2n) is 2.18. The van der Waals surface area contributed by atoms with Gasteiger partial charge in [0.2, 0.25) is 0 Å². The number of ether oxygens (including phenoxy) is 1. The first-order valence-corrected chi connectivity index (χ1v) is 4.03. The van der Waals surface area contributed by atoms with Crippen molar-refractivity contribution in [1.29, 1.82) is 0 Å². The SMILES string of the molecule is CC.Cc1cnc2n1CCO2. The van der Waals surface area contributed by atoms with Crippen molar-refractivity contribution in [2.75, 3.05) is 6.61 Å². The van der Waals surface area contributed by atoms with Crippen LogP contribution in [0.2, 0.25) is 0 Å². The lowest BCUT2D eigenvalue weighted by Crippen LogP contribution is -1.94. The maximum atomic E-state index is 5.17. The number of aryl methyl sites for hydroxylation is 1. The summed E-state index contributed by atoms with van der Waals surface area (Å²) in [5.41, 5.74) is 1.18. The van der Waals surface area contributed by atoms with E-state index in [0.29, 0.717) is 0 Å². The van der Waals surface area contributed by atoms with Crippen LogP contribution in [-0.2, 0) is 6.54 Å². The molecule has 1 aromatic heterocycles. The minimum absolute atomic E-state index is 0.771. The third-order valence-corrected chi connectivity index (χ3v) is 1.56. The maximum absolute atomic E-state index is 5.17. The van der Waals surface area contributed by atoms with Gasteiger partial charge >= 0.3 is 0 Å². The van der Waals surface area contributed by atoms with Crippen molar-refractivity contribution < 1.29 is 4.74 Å². The lowest BCUT2D eigenvalue weighted by molar-refractivity contribution is 0.345. The van der Waals surface area contributed by atoms with Crippen LogP contribution in [0.5, 0.6) is 6.01 Å². The zero-order chi connectivity index (χ0) is 8.27. The number of hydrogen-bond donors (Lipinski definition) is 0. The Morgan fingerprint density at radius 3 is 2.91 bits per heavy atom. The fourth-order valence-electron chi connectivity index (χ4n) is 1.05. The lowest BCUT2D eigenvalue weighted by Gasteiger charge is -1.91. The van der Waals surface area contributed by atoms with E-state index in [9.17, 15) is 0 Å². The number of hydrogen-bond acceptors (Lipinski definition) is 2. The van der Waals surface area contributed by atoms with Gasteiger partial charge in [0.15, 0.2) is 0 Å². The number of fused-ring (bicyclic) bond motifs is 1. The molecule has 0 spiro atoms. The molecule has 0 unspecified atom stereocenters. The normalized spacial score (nSPS) is 13.0. The molecule has 0 bridgehead atoms. The van der Waals surface area contributed by atoms with Crippen LogP contribution in [0.4, 0.5) is 0 Å². The van der Waals surface area contributed by atoms with Gasteiger partial charge in [-0.15, -0.1) is 0 Å². The predicted molar refractivity (Wildman–Crippen MR) is 43.8 cm³/mol. The van der Waals surface area contributed by atoms with Gasteiger partial charge in [0.25, 0.3) is 6.01 Å². The topological polar surface area (TPSA) is 27.1 Å². The third-order valence-electron chi connectivity index (χ3n) is 1.56. The van der Waals surface area contributed by atoms with Crippen LogP contribution < -0.4 is 4.74 Å². The van der Waals surface area contributed by atoms with Gasteiger partial charge in [0.05, 0.1) is 12.7 Å². The Morgan fingerprint density at radius 2 is 2.27 bits per heavy atom. The first-order valence-electron chi connectivity index (χ1n) is 4.03. The number of rotatable bonds is 0. The summed E-state index contributed by atoms with van der Waals surface area (Å²) in [6.45, 7) is 7.77. The number of imidazole rings is 1. The summed E-state index contributed by atoms with van der Waals surface area (Å²) >= 11 is 0. The molecule has 0 amide bonds. The summed E-state index contributed by atoms with van der Waals surface area (Å²) in [7, 11) is 0. The molecule has 0 atom stereocenters. The van der Waals surface area contributed by atoms with Crippen LogP contribution in [0.1, 0.15) is 19.5 Å². The van der Waals surface area contributed by atoms with E-state index in [4.69, 9.17) is 4.74 Å². The fourth-order valence-corrected chi connectivity index (χ4v) is 1.05. The van der Waals surface area contributed by atoms with Crippen molar-refractivity contribution in [2.45, 2.75) is 27.3 Å². The molecule has 11 heavy (non-hydrogen) atoms. The zero-order valence-electron chi connectivity index (χ0n) is 7.29. The minimum atomic E-state index is 0.771. The van der Waals surface area contributed by atoms with Crippen LogP contribution >= 0.6 is 0 Å². The van der Waals surface area contributed by atoms with Gasteiger partial charge in [0.1, 0.15) is 6.61 Å². The molecule has 3 nitrogen and oxygen atoms in total. The van der Waals surface area contributed by atoms with E-state index in [-0.39, 0.29) is 0 Å². The fraction of sp³-hybridized carbons (Fsp3) is 0.625. The second kappa shape index (κ2) is 3.42. The maximum Gasteiger partial charge on any atom is 0.296 e. The Balaban J connectivity index is 0.000000281. The standard InChI is InChI=1S/C6H8N2O.C2H6/c1-5-4-7-6-8(5)2-3-9-6;1-2/h4H,2-3H2,1H3;1-2H3. The molecule has 0 aliphatic carbocycles. The third kappa shape index (κ3) is 1.37. The molecule has 1 aliphatic heterocycles. The van der Waals surface area contributed by atoms with Gasteiger partial charge in [-0.2, -0.15) is 0 Å². The van der Waals surface area contributed by atoms with E-state index in [2.05, 4.69) is 9.55 Å². The van der Waals surface area contributed by atoms with E-state index in [0.717, 1.165) is 19.2 Å². The van der Waals surface area contributed by atoms with Crippen LogP contribution in [0.25, 0.3) is 0 Å². The monoisotopic (exact) mass is 154 g/mol. The summed E-state index contributed by atoms with van der Waals surface area (Å²) in [6.07, 6.45) is 1.83. The van der Waals surface area contributed by atoms with Crippen molar-refractivity contribution in [2.24, 2.45) is 0 Å². The molecule has 2 rings (SSSR count). The number of aromatic nitrogens is 2. The Labute approximate surface area is 67.0 Å². The van der Waals surface area contributed by atoms with Crippen molar-refractivity contribution in [3.63, 3.8) is 0 Å². The molecule has 62 valence electrons. The summed E-state index contributed by atoms with van der Waals surface area (Å²) in [6, 6.07) is 0.771. The van der Waals surface area contributed by atoms with Crippen LogP contribution in [0, 0.1) is 6.92 Å². The van der Waals surface area contributed by atoms with E-state index in [1.807, 2.05) is 27.0 Å². The lowest BCUT2D eigenvalue weighted by atomic mass is 10.5. The molecular formula is C8H14N2O. The molecule has 1 aromatic rings. The van der Waals surface area contributed by atoms with E-state index >= 15 is 0 Å². The average molecular weight is 154 g/mol. The zero-order valence-corrected chi connectivity index (χ0v) is 7.29. The second-order valence-corrected chi connectivity index (χ2v) is 2.18. The van der Waals surface area contributed by atoms with E-state index < -0.39 is 0 Å². The Morgan fingerprint density at radius 1 is 1.55 bits per heavy atom.